The minimum Gasteiger partial charge on any atom is -0.481 e. The van der Waals surface area contributed by atoms with Crippen LogP contribution in [0.5, 0.6) is 0 Å². The lowest BCUT2D eigenvalue weighted by molar-refractivity contribution is -0.138. The van der Waals surface area contributed by atoms with Crippen LogP contribution in [0.2, 0.25) is 0 Å². The van der Waals surface area contributed by atoms with Gasteiger partial charge in [-0.05, 0) is 24.5 Å². The van der Waals surface area contributed by atoms with Crippen molar-refractivity contribution in [3.63, 3.8) is 0 Å². The summed E-state index contributed by atoms with van der Waals surface area (Å²) in [6, 6.07) is 9.23. The molecule has 0 amide bonds. The molecule has 0 spiro atoms. The molecule has 1 rings (SSSR count). The highest BCUT2D eigenvalue weighted by Crippen LogP contribution is 2.19. The van der Waals surface area contributed by atoms with Crippen molar-refractivity contribution < 1.29 is 19.4 Å². The Morgan fingerprint density at radius 2 is 1.89 bits per heavy atom. The van der Waals surface area contributed by atoms with E-state index in [0.29, 0.717) is 18.6 Å². The molecule has 4 heteroatoms. The minimum absolute atomic E-state index is 0.0138. The fourth-order valence-corrected chi connectivity index (χ4v) is 1.52. The van der Waals surface area contributed by atoms with Gasteiger partial charge in [-0.2, -0.15) is 0 Å². The van der Waals surface area contributed by atoms with Gasteiger partial charge in [0.05, 0.1) is 6.61 Å². The van der Waals surface area contributed by atoms with Gasteiger partial charge in [0, 0.05) is 12.5 Å². The Labute approximate surface area is 106 Å². The van der Waals surface area contributed by atoms with Crippen LogP contribution in [0.15, 0.2) is 36.4 Å². The molecule has 0 aromatic heterocycles. The van der Waals surface area contributed by atoms with E-state index in [1.807, 2.05) is 30.3 Å². The zero-order chi connectivity index (χ0) is 13.4. The lowest BCUT2D eigenvalue weighted by atomic mass is 10.0. The SMILES string of the molecule is CCOC(=O)/C=C(/CCC(=O)O)c1ccccc1. The van der Waals surface area contributed by atoms with E-state index >= 15 is 0 Å². The van der Waals surface area contributed by atoms with Gasteiger partial charge in [0.25, 0.3) is 0 Å². The number of aliphatic carboxylic acids is 1. The van der Waals surface area contributed by atoms with Gasteiger partial charge in [-0.3, -0.25) is 4.79 Å². The molecular weight excluding hydrogens is 232 g/mol. The van der Waals surface area contributed by atoms with E-state index in [4.69, 9.17) is 9.84 Å². The lowest BCUT2D eigenvalue weighted by Gasteiger charge is -2.06. The third kappa shape index (κ3) is 4.82. The molecule has 0 heterocycles. The molecule has 96 valence electrons. The third-order valence-corrected chi connectivity index (χ3v) is 2.33. The summed E-state index contributed by atoms with van der Waals surface area (Å²) in [5.74, 6) is -1.33. The first-order valence-electron chi connectivity index (χ1n) is 5.78. The molecule has 4 nitrogen and oxygen atoms in total. The number of hydrogen-bond donors (Lipinski definition) is 1. The molecule has 0 saturated heterocycles. The van der Waals surface area contributed by atoms with Crippen molar-refractivity contribution in [2.24, 2.45) is 0 Å². The topological polar surface area (TPSA) is 63.6 Å². The van der Waals surface area contributed by atoms with Gasteiger partial charge in [-0.15, -0.1) is 0 Å². The van der Waals surface area contributed by atoms with E-state index in [-0.39, 0.29) is 6.42 Å². The number of carbonyl (C=O) groups excluding carboxylic acids is 1. The van der Waals surface area contributed by atoms with E-state index in [0.717, 1.165) is 5.56 Å². The number of rotatable bonds is 6. The van der Waals surface area contributed by atoms with Crippen LogP contribution in [0.1, 0.15) is 25.3 Å². The largest absolute Gasteiger partial charge is 0.481 e. The molecule has 0 aliphatic carbocycles. The molecule has 18 heavy (non-hydrogen) atoms. The van der Waals surface area contributed by atoms with E-state index in [9.17, 15) is 9.59 Å². The number of carboxylic acid groups (broad SMARTS) is 1. The number of benzene rings is 1. The average molecular weight is 248 g/mol. The number of esters is 1. The predicted octanol–water partition coefficient (Wildman–Crippen LogP) is 2.50. The first-order chi connectivity index (χ1) is 8.63. The van der Waals surface area contributed by atoms with Gasteiger partial charge >= 0.3 is 11.9 Å². The maximum absolute atomic E-state index is 11.4. The highest BCUT2D eigenvalue weighted by Gasteiger charge is 2.07. The second kappa shape index (κ2) is 7.27. The Kier molecular flexibility index (Phi) is 5.64. The average Bonchev–Trinajstić information content (AvgIpc) is 2.35. The van der Waals surface area contributed by atoms with E-state index in [1.54, 1.807) is 6.92 Å². The van der Waals surface area contributed by atoms with Crippen molar-refractivity contribution in [2.45, 2.75) is 19.8 Å². The highest BCUT2D eigenvalue weighted by atomic mass is 16.5. The summed E-state index contributed by atoms with van der Waals surface area (Å²) in [7, 11) is 0. The first kappa shape index (κ1) is 14.0. The fourth-order valence-electron chi connectivity index (χ4n) is 1.52. The summed E-state index contributed by atoms with van der Waals surface area (Å²) in [5, 5.41) is 8.70. The van der Waals surface area contributed by atoms with Crippen LogP contribution in [0.4, 0.5) is 0 Å². The molecule has 0 aliphatic heterocycles. The predicted molar refractivity (Wildman–Crippen MR) is 67.9 cm³/mol. The molecule has 0 bridgehead atoms. The van der Waals surface area contributed by atoms with Crippen molar-refractivity contribution in [2.75, 3.05) is 6.61 Å². The number of ether oxygens (including phenoxy) is 1. The molecule has 0 atom stereocenters. The van der Waals surface area contributed by atoms with E-state index in [2.05, 4.69) is 0 Å². The second-order valence-corrected chi connectivity index (χ2v) is 3.68. The van der Waals surface area contributed by atoms with Crippen LogP contribution >= 0.6 is 0 Å². The maximum atomic E-state index is 11.4. The van der Waals surface area contributed by atoms with Crippen molar-refractivity contribution in [3.05, 3.63) is 42.0 Å². The van der Waals surface area contributed by atoms with Gasteiger partial charge in [-0.1, -0.05) is 30.3 Å². The fraction of sp³-hybridized carbons (Fsp3) is 0.286. The number of allylic oxidation sites excluding steroid dienone is 1. The molecular formula is C14H16O4. The van der Waals surface area contributed by atoms with Gasteiger partial charge in [-0.25, -0.2) is 4.79 Å². The van der Waals surface area contributed by atoms with Crippen molar-refractivity contribution >= 4 is 17.5 Å². The third-order valence-electron chi connectivity index (χ3n) is 2.33. The van der Waals surface area contributed by atoms with Crippen LogP contribution in [-0.4, -0.2) is 23.7 Å². The minimum atomic E-state index is -0.888. The molecule has 1 N–H and O–H groups in total. The highest BCUT2D eigenvalue weighted by molar-refractivity contribution is 5.91. The van der Waals surface area contributed by atoms with Gasteiger partial charge in [0.15, 0.2) is 0 Å². The van der Waals surface area contributed by atoms with Crippen LogP contribution in [-0.2, 0) is 14.3 Å². The van der Waals surface area contributed by atoms with E-state index < -0.39 is 11.9 Å². The Morgan fingerprint density at radius 3 is 2.44 bits per heavy atom. The standard InChI is InChI=1S/C14H16O4/c1-2-18-14(17)10-12(8-9-13(15)16)11-6-4-3-5-7-11/h3-7,10H,2,8-9H2,1H3,(H,15,16)/b12-10-. The summed E-state index contributed by atoms with van der Waals surface area (Å²) in [6.07, 6.45) is 1.65. The van der Waals surface area contributed by atoms with Crippen molar-refractivity contribution in [3.8, 4) is 0 Å². The van der Waals surface area contributed by atoms with E-state index in [1.165, 1.54) is 6.08 Å². The van der Waals surface area contributed by atoms with Crippen LogP contribution in [0.3, 0.4) is 0 Å². The second-order valence-electron chi connectivity index (χ2n) is 3.68. The zero-order valence-corrected chi connectivity index (χ0v) is 10.3. The van der Waals surface area contributed by atoms with Crippen LogP contribution < -0.4 is 0 Å². The zero-order valence-electron chi connectivity index (χ0n) is 10.3. The molecule has 0 saturated carbocycles. The smallest absolute Gasteiger partial charge is 0.331 e. The lowest BCUT2D eigenvalue weighted by Crippen LogP contribution is -2.02. The van der Waals surface area contributed by atoms with Gasteiger partial charge in [0.2, 0.25) is 0 Å². The first-order valence-corrected chi connectivity index (χ1v) is 5.78. The molecule has 0 aliphatic rings. The Hall–Kier alpha value is -2.10. The molecule has 0 fully saturated rings. The monoisotopic (exact) mass is 248 g/mol. The van der Waals surface area contributed by atoms with Crippen LogP contribution in [0.25, 0.3) is 5.57 Å². The van der Waals surface area contributed by atoms with Crippen molar-refractivity contribution in [1.82, 2.24) is 0 Å². The number of hydrogen-bond acceptors (Lipinski definition) is 3. The van der Waals surface area contributed by atoms with Crippen molar-refractivity contribution in [1.29, 1.82) is 0 Å². The molecule has 1 aromatic carbocycles. The maximum Gasteiger partial charge on any atom is 0.331 e. The quantitative estimate of drug-likeness (QED) is 0.620. The van der Waals surface area contributed by atoms with Crippen LogP contribution in [0, 0.1) is 0 Å². The molecule has 1 aromatic rings. The summed E-state index contributed by atoms with van der Waals surface area (Å²) >= 11 is 0. The summed E-state index contributed by atoms with van der Waals surface area (Å²) in [5.41, 5.74) is 1.52. The molecule has 0 radical (unpaired) electrons. The number of carbonyl (C=O) groups is 2. The Bertz CT molecular complexity index is 434. The van der Waals surface area contributed by atoms with Gasteiger partial charge < -0.3 is 9.84 Å². The summed E-state index contributed by atoms with van der Waals surface area (Å²) in [4.78, 5) is 22.0. The summed E-state index contributed by atoms with van der Waals surface area (Å²) < 4.78 is 4.84. The van der Waals surface area contributed by atoms with Gasteiger partial charge in [0.1, 0.15) is 0 Å². The molecule has 0 unspecified atom stereocenters. The summed E-state index contributed by atoms with van der Waals surface area (Å²) in [6.45, 7) is 2.03. The normalized spacial score (nSPS) is 11.1. The number of carboxylic acids is 1. The Balaban J connectivity index is 2.88. The Morgan fingerprint density at radius 1 is 1.22 bits per heavy atom.